The molecule has 0 aliphatic heterocycles. The van der Waals surface area contributed by atoms with Crippen LogP contribution in [0.5, 0.6) is 0 Å². The largest absolute Gasteiger partial charge is 0.480 e. The first kappa shape index (κ1) is 47.3. The lowest BCUT2D eigenvalue weighted by Crippen LogP contribution is -2.47. The van der Waals surface area contributed by atoms with E-state index in [-0.39, 0.29) is 30.9 Å². The van der Waals surface area contributed by atoms with Crippen molar-refractivity contribution in [2.75, 3.05) is 13.2 Å². The number of carboxylic acids is 1. The fraction of sp³-hybridized carbons (Fsp3) is 0.805. The van der Waals surface area contributed by atoms with Crippen LogP contribution in [0.25, 0.3) is 0 Å². The molecular formula is C41H74N2O7. The zero-order valence-corrected chi connectivity index (χ0v) is 31.9. The van der Waals surface area contributed by atoms with Crippen LogP contribution in [-0.2, 0) is 23.9 Å². The molecule has 0 rings (SSSR count). The monoisotopic (exact) mass is 707 g/mol. The van der Waals surface area contributed by atoms with Gasteiger partial charge in [0, 0.05) is 12.8 Å². The lowest BCUT2D eigenvalue weighted by molar-refractivity contribution is -0.147. The summed E-state index contributed by atoms with van der Waals surface area (Å²) in [6.07, 6.45) is 38.3. The summed E-state index contributed by atoms with van der Waals surface area (Å²) in [4.78, 5) is 47.2. The molecule has 2 amide bonds. The number of carboxylic acid groups (broad SMARTS) is 1. The summed E-state index contributed by atoms with van der Waals surface area (Å²) in [5, 5.41) is 22.4. The van der Waals surface area contributed by atoms with Gasteiger partial charge in [0.15, 0.2) is 0 Å². The predicted octanol–water partition coefficient (Wildman–Crippen LogP) is 9.26. The Kier molecular flexibility index (Phi) is 34.2. The molecule has 0 bridgehead atoms. The molecule has 2 atom stereocenters. The van der Waals surface area contributed by atoms with E-state index in [1.54, 1.807) is 0 Å². The van der Waals surface area contributed by atoms with E-state index in [0.717, 1.165) is 57.8 Å². The van der Waals surface area contributed by atoms with Crippen molar-refractivity contribution in [1.82, 2.24) is 10.6 Å². The van der Waals surface area contributed by atoms with Crippen molar-refractivity contribution in [2.24, 2.45) is 0 Å². The van der Waals surface area contributed by atoms with Crippen LogP contribution in [0.1, 0.15) is 187 Å². The standard InChI is InChI=1S/C41H74N2O7/c1-3-5-7-9-10-11-12-13-14-15-16-17-18-19-20-21-22-23-29-33-40(47)50-36(30-26-8-6-4-2)31-27-24-25-28-32-38(45)42-34-39(46)43-37(35-44)41(48)49/h13-14,26,30,36-37,44H,3-12,15-25,27-29,31-35H2,1-2H3,(H,42,45)(H,43,46)(H,48,49)/b14-13-,30-26-. The first-order valence-corrected chi connectivity index (χ1v) is 20.2. The molecule has 0 aliphatic carbocycles. The van der Waals surface area contributed by atoms with Gasteiger partial charge in [0.2, 0.25) is 11.8 Å². The molecule has 0 spiro atoms. The Balaban J connectivity index is 3.97. The first-order chi connectivity index (χ1) is 24.3. The molecule has 290 valence electrons. The third-order valence-corrected chi connectivity index (χ3v) is 8.91. The van der Waals surface area contributed by atoms with Gasteiger partial charge in [0.05, 0.1) is 13.2 Å². The normalized spacial score (nSPS) is 12.7. The number of carbonyl (C=O) groups excluding carboxylic acids is 3. The number of amides is 2. The van der Waals surface area contributed by atoms with Gasteiger partial charge in [-0.3, -0.25) is 14.4 Å². The average molecular weight is 707 g/mol. The van der Waals surface area contributed by atoms with Crippen molar-refractivity contribution in [1.29, 1.82) is 0 Å². The Labute approximate surface area is 304 Å². The SMILES string of the molecule is CCCC/C=C\C(CCCCCCC(=O)NCC(=O)NC(CO)C(=O)O)OC(=O)CCCCCCCCCCC/C=C\CCCCCCCC. The molecule has 0 aromatic carbocycles. The molecule has 2 unspecified atom stereocenters. The number of hydrogen-bond donors (Lipinski definition) is 4. The highest BCUT2D eigenvalue weighted by Crippen LogP contribution is 2.15. The van der Waals surface area contributed by atoms with Gasteiger partial charge in [-0.05, 0) is 63.9 Å². The van der Waals surface area contributed by atoms with E-state index in [1.165, 1.54) is 96.3 Å². The molecule has 0 saturated heterocycles. The summed E-state index contributed by atoms with van der Waals surface area (Å²) in [5.74, 6) is -2.41. The van der Waals surface area contributed by atoms with Gasteiger partial charge in [-0.1, -0.05) is 135 Å². The Morgan fingerprint density at radius 3 is 1.66 bits per heavy atom. The van der Waals surface area contributed by atoms with Crippen LogP contribution in [0.3, 0.4) is 0 Å². The second kappa shape index (κ2) is 36.1. The van der Waals surface area contributed by atoms with Crippen LogP contribution in [0.4, 0.5) is 0 Å². The van der Waals surface area contributed by atoms with Crippen molar-refractivity contribution in [3.63, 3.8) is 0 Å². The summed E-state index contributed by atoms with van der Waals surface area (Å²) in [6.45, 7) is 3.37. The maximum Gasteiger partial charge on any atom is 0.328 e. The summed E-state index contributed by atoms with van der Waals surface area (Å²) >= 11 is 0. The van der Waals surface area contributed by atoms with Crippen LogP contribution < -0.4 is 10.6 Å². The highest BCUT2D eigenvalue weighted by atomic mass is 16.5. The van der Waals surface area contributed by atoms with Crippen LogP contribution in [-0.4, -0.2) is 59.3 Å². The van der Waals surface area contributed by atoms with Gasteiger partial charge in [0.25, 0.3) is 0 Å². The summed E-state index contributed by atoms with van der Waals surface area (Å²) in [5.41, 5.74) is 0. The average Bonchev–Trinajstić information content (AvgIpc) is 3.10. The fourth-order valence-electron chi connectivity index (χ4n) is 5.72. The molecule has 0 fully saturated rings. The van der Waals surface area contributed by atoms with Crippen LogP contribution in [0, 0.1) is 0 Å². The van der Waals surface area contributed by atoms with Gasteiger partial charge in [-0.25, -0.2) is 4.79 Å². The topological polar surface area (TPSA) is 142 Å². The van der Waals surface area contributed by atoms with Crippen LogP contribution in [0.2, 0.25) is 0 Å². The van der Waals surface area contributed by atoms with Crippen molar-refractivity contribution in [3.05, 3.63) is 24.3 Å². The first-order valence-electron chi connectivity index (χ1n) is 20.2. The minimum Gasteiger partial charge on any atom is -0.480 e. The number of carbonyl (C=O) groups is 4. The Bertz CT molecular complexity index is 905. The van der Waals surface area contributed by atoms with Gasteiger partial charge in [-0.2, -0.15) is 0 Å². The zero-order valence-electron chi connectivity index (χ0n) is 31.9. The minimum absolute atomic E-state index is 0.120. The number of aliphatic hydroxyl groups excluding tert-OH is 1. The van der Waals surface area contributed by atoms with Crippen molar-refractivity contribution in [3.8, 4) is 0 Å². The van der Waals surface area contributed by atoms with E-state index in [4.69, 9.17) is 14.9 Å². The van der Waals surface area contributed by atoms with Crippen LogP contribution in [0.15, 0.2) is 24.3 Å². The van der Waals surface area contributed by atoms with Crippen LogP contribution >= 0.6 is 0 Å². The fourth-order valence-corrected chi connectivity index (χ4v) is 5.72. The number of ether oxygens (including phenoxy) is 1. The highest BCUT2D eigenvalue weighted by molar-refractivity contribution is 5.87. The second-order valence-corrected chi connectivity index (χ2v) is 13.7. The number of aliphatic carboxylic acids is 1. The van der Waals surface area contributed by atoms with Gasteiger partial charge in [-0.15, -0.1) is 0 Å². The molecule has 4 N–H and O–H groups in total. The second-order valence-electron chi connectivity index (χ2n) is 13.7. The number of rotatable bonds is 36. The number of esters is 1. The molecule has 0 saturated carbocycles. The van der Waals surface area contributed by atoms with E-state index in [9.17, 15) is 19.2 Å². The van der Waals surface area contributed by atoms with E-state index in [0.29, 0.717) is 12.8 Å². The predicted molar refractivity (Wildman–Crippen MR) is 204 cm³/mol. The summed E-state index contributed by atoms with van der Waals surface area (Å²) in [7, 11) is 0. The van der Waals surface area contributed by atoms with Gasteiger partial charge in [0.1, 0.15) is 12.1 Å². The molecule has 0 heterocycles. The molecular weight excluding hydrogens is 632 g/mol. The van der Waals surface area contributed by atoms with E-state index in [2.05, 4.69) is 42.7 Å². The number of unbranched alkanes of at least 4 members (excludes halogenated alkanes) is 20. The van der Waals surface area contributed by atoms with Gasteiger partial charge >= 0.3 is 11.9 Å². The molecule has 9 heteroatoms. The maximum atomic E-state index is 12.6. The summed E-state index contributed by atoms with van der Waals surface area (Å²) < 4.78 is 5.83. The molecule has 0 radical (unpaired) electrons. The lowest BCUT2D eigenvalue weighted by Gasteiger charge is -2.15. The molecule has 0 aliphatic rings. The molecule has 9 nitrogen and oxygen atoms in total. The minimum atomic E-state index is -1.39. The Hall–Kier alpha value is -2.68. The van der Waals surface area contributed by atoms with E-state index < -0.39 is 24.5 Å². The highest BCUT2D eigenvalue weighted by Gasteiger charge is 2.18. The third-order valence-electron chi connectivity index (χ3n) is 8.91. The Morgan fingerprint density at radius 1 is 0.600 bits per heavy atom. The lowest BCUT2D eigenvalue weighted by atomic mass is 10.1. The molecule has 50 heavy (non-hydrogen) atoms. The third kappa shape index (κ3) is 32.5. The zero-order chi connectivity index (χ0) is 36.9. The van der Waals surface area contributed by atoms with Crippen molar-refractivity contribution < 1.29 is 34.1 Å². The van der Waals surface area contributed by atoms with Crippen molar-refractivity contribution in [2.45, 2.75) is 199 Å². The quantitative estimate of drug-likeness (QED) is 0.0289. The number of allylic oxidation sites excluding steroid dienone is 3. The van der Waals surface area contributed by atoms with E-state index >= 15 is 0 Å². The number of hydrogen-bond acceptors (Lipinski definition) is 6. The number of nitrogens with one attached hydrogen (secondary N) is 2. The molecule has 0 aromatic heterocycles. The molecule has 0 aromatic rings. The van der Waals surface area contributed by atoms with Gasteiger partial charge < -0.3 is 25.6 Å². The smallest absolute Gasteiger partial charge is 0.328 e. The van der Waals surface area contributed by atoms with E-state index in [1.807, 2.05) is 6.08 Å². The summed E-state index contributed by atoms with van der Waals surface area (Å²) in [6, 6.07) is -1.39. The van der Waals surface area contributed by atoms with Crippen molar-refractivity contribution >= 4 is 23.8 Å². The Morgan fingerprint density at radius 2 is 1.10 bits per heavy atom. The maximum absolute atomic E-state index is 12.6. The number of aliphatic hydroxyl groups is 1.